The molecule has 0 unspecified atom stereocenters. The third-order valence-electron chi connectivity index (χ3n) is 1.57. The first-order chi connectivity index (χ1) is 5.38. The molecule has 0 saturated heterocycles. The van der Waals surface area contributed by atoms with E-state index in [9.17, 15) is 8.42 Å². The van der Waals surface area contributed by atoms with Gasteiger partial charge in [0.2, 0.25) is 0 Å². The first kappa shape index (κ1) is 9.25. The number of nitrogens with zero attached hydrogens (tertiary/aromatic N) is 2. The van der Waals surface area contributed by atoms with Crippen molar-refractivity contribution in [3.63, 3.8) is 0 Å². The fourth-order valence-electron chi connectivity index (χ4n) is 0.974. The zero-order valence-electron chi connectivity index (χ0n) is 7.40. The fraction of sp³-hybridized carbons (Fsp3) is 0.571. The standard InChI is InChI=1S/C7H12N2O2S/c1-6-4-7(8-9(6)2)5-12(3,10)11/h4H,5H2,1-3H3. The summed E-state index contributed by atoms with van der Waals surface area (Å²) in [5.41, 5.74) is 1.58. The maximum absolute atomic E-state index is 10.9. The fourth-order valence-corrected chi connectivity index (χ4v) is 1.65. The lowest BCUT2D eigenvalue weighted by Crippen LogP contribution is -2.02. The van der Waals surface area contributed by atoms with Gasteiger partial charge in [-0.15, -0.1) is 0 Å². The molecule has 0 aliphatic heterocycles. The quantitative estimate of drug-likeness (QED) is 0.669. The number of hydrogen-bond acceptors (Lipinski definition) is 3. The molecule has 0 atom stereocenters. The third kappa shape index (κ3) is 2.34. The van der Waals surface area contributed by atoms with Gasteiger partial charge >= 0.3 is 0 Å². The Morgan fingerprint density at radius 2 is 2.17 bits per heavy atom. The van der Waals surface area contributed by atoms with Gasteiger partial charge in [0.1, 0.15) is 0 Å². The van der Waals surface area contributed by atoms with Crippen molar-refractivity contribution >= 4 is 9.84 Å². The first-order valence-corrected chi connectivity index (χ1v) is 5.62. The number of rotatable bonds is 2. The second-order valence-corrected chi connectivity index (χ2v) is 5.11. The molecule has 0 aliphatic rings. The van der Waals surface area contributed by atoms with Crippen molar-refractivity contribution in [1.29, 1.82) is 0 Å². The summed E-state index contributed by atoms with van der Waals surface area (Å²) in [6, 6.07) is 1.78. The molecule has 0 amide bonds. The van der Waals surface area contributed by atoms with Crippen LogP contribution in [0.25, 0.3) is 0 Å². The molecule has 0 spiro atoms. The van der Waals surface area contributed by atoms with Gasteiger partial charge in [0.15, 0.2) is 9.84 Å². The van der Waals surface area contributed by atoms with Crippen LogP contribution in [0.4, 0.5) is 0 Å². The molecule has 1 aromatic heterocycles. The number of aromatic nitrogens is 2. The van der Waals surface area contributed by atoms with Crippen LogP contribution in [0.15, 0.2) is 6.07 Å². The van der Waals surface area contributed by atoms with Crippen molar-refractivity contribution < 1.29 is 8.42 Å². The van der Waals surface area contributed by atoms with E-state index in [-0.39, 0.29) is 5.75 Å². The van der Waals surface area contributed by atoms with Crippen LogP contribution < -0.4 is 0 Å². The molecular formula is C7H12N2O2S. The Kier molecular flexibility index (Phi) is 2.23. The zero-order chi connectivity index (χ0) is 9.35. The van der Waals surface area contributed by atoms with Crippen molar-refractivity contribution in [2.75, 3.05) is 6.26 Å². The van der Waals surface area contributed by atoms with Crippen molar-refractivity contribution in [2.45, 2.75) is 12.7 Å². The van der Waals surface area contributed by atoms with Crippen LogP contribution in [-0.4, -0.2) is 24.5 Å². The van der Waals surface area contributed by atoms with Crippen LogP contribution >= 0.6 is 0 Å². The second-order valence-electron chi connectivity index (χ2n) is 2.97. The maximum Gasteiger partial charge on any atom is 0.153 e. The van der Waals surface area contributed by atoms with Crippen LogP contribution in [0.2, 0.25) is 0 Å². The van der Waals surface area contributed by atoms with E-state index in [1.54, 1.807) is 17.8 Å². The molecule has 4 nitrogen and oxygen atoms in total. The lowest BCUT2D eigenvalue weighted by molar-refractivity contribution is 0.599. The van der Waals surface area contributed by atoms with E-state index in [0.29, 0.717) is 5.69 Å². The maximum atomic E-state index is 10.9. The minimum Gasteiger partial charge on any atom is -0.273 e. The zero-order valence-corrected chi connectivity index (χ0v) is 8.22. The average molecular weight is 188 g/mol. The van der Waals surface area contributed by atoms with E-state index in [2.05, 4.69) is 5.10 Å². The smallest absolute Gasteiger partial charge is 0.153 e. The van der Waals surface area contributed by atoms with E-state index in [1.165, 1.54) is 6.26 Å². The molecule has 1 rings (SSSR count). The van der Waals surface area contributed by atoms with Crippen LogP contribution in [0.3, 0.4) is 0 Å². The van der Waals surface area contributed by atoms with E-state index in [4.69, 9.17) is 0 Å². The normalized spacial score (nSPS) is 11.9. The van der Waals surface area contributed by atoms with E-state index in [1.807, 2.05) is 6.92 Å². The van der Waals surface area contributed by atoms with Gasteiger partial charge in [0, 0.05) is 19.0 Å². The highest BCUT2D eigenvalue weighted by Crippen LogP contribution is 2.04. The van der Waals surface area contributed by atoms with Gasteiger partial charge in [-0.05, 0) is 13.0 Å². The van der Waals surface area contributed by atoms with Crippen molar-refractivity contribution in [3.05, 3.63) is 17.5 Å². The van der Waals surface area contributed by atoms with E-state index < -0.39 is 9.84 Å². The molecule has 1 aromatic rings. The van der Waals surface area contributed by atoms with Crippen LogP contribution in [0, 0.1) is 6.92 Å². The molecule has 0 saturated carbocycles. The molecule has 0 aliphatic carbocycles. The van der Waals surface area contributed by atoms with Crippen LogP contribution in [0.1, 0.15) is 11.4 Å². The highest BCUT2D eigenvalue weighted by atomic mass is 32.2. The summed E-state index contributed by atoms with van der Waals surface area (Å²) in [5.74, 6) is 0.0225. The van der Waals surface area contributed by atoms with Crippen molar-refractivity contribution in [3.8, 4) is 0 Å². The van der Waals surface area contributed by atoms with Gasteiger partial charge in [-0.2, -0.15) is 5.10 Å². The molecule has 0 bridgehead atoms. The van der Waals surface area contributed by atoms with Crippen LogP contribution in [0.5, 0.6) is 0 Å². The molecule has 68 valence electrons. The van der Waals surface area contributed by atoms with E-state index in [0.717, 1.165) is 5.69 Å². The number of hydrogen-bond donors (Lipinski definition) is 0. The molecule has 0 N–H and O–H groups in total. The predicted octanol–water partition coefficient (Wildman–Crippen LogP) is 0.273. The van der Waals surface area contributed by atoms with Gasteiger partial charge in [-0.25, -0.2) is 8.42 Å². The lowest BCUT2D eigenvalue weighted by atomic mass is 10.4. The lowest BCUT2D eigenvalue weighted by Gasteiger charge is -1.91. The highest BCUT2D eigenvalue weighted by Gasteiger charge is 2.08. The summed E-state index contributed by atoms with van der Waals surface area (Å²) < 4.78 is 23.4. The Labute approximate surface area is 72.1 Å². The Morgan fingerprint density at radius 3 is 2.50 bits per heavy atom. The van der Waals surface area contributed by atoms with Crippen LogP contribution in [-0.2, 0) is 22.6 Å². The summed E-state index contributed by atoms with van der Waals surface area (Å²) in [7, 11) is -1.16. The molecule has 0 radical (unpaired) electrons. The molecule has 5 heteroatoms. The van der Waals surface area contributed by atoms with Gasteiger partial charge in [-0.1, -0.05) is 0 Å². The minimum atomic E-state index is -2.96. The van der Waals surface area contributed by atoms with E-state index >= 15 is 0 Å². The Hall–Kier alpha value is -0.840. The van der Waals surface area contributed by atoms with Crippen molar-refractivity contribution in [2.24, 2.45) is 7.05 Å². The minimum absolute atomic E-state index is 0.0225. The van der Waals surface area contributed by atoms with Gasteiger partial charge < -0.3 is 0 Å². The molecule has 1 heterocycles. The summed E-state index contributed by atoms with van der Waals surface area (Å²) in [6.07, 6.45) is 1.21. The van der Waals surface area contributed by atoms with Gasteiger partial charge in [0.05, 0.1) is 11.4 Å². The van der Waals surface area contributed by atoms with Crippen molar-refractivity contribution in [1.82, 2.24) is 9.78 Å². The largest absolute Gasteiger partial charge is 0.273 e. The Bertz CT molecular complexity index is 359. The summed E-state index contributed by atoms with van der Waals surface area (Å²) in [6.45, 7) is 1.89. The SMILES string of the molecule is Cc1cc(CS(C)(=O)=O)nn1C. The summed E-state index contributed by atoms with van der Waals surface area (Å²) >= 11 is 0. The topological polar surface area (TPSA) is 52.0 Å². The molecule has 12 heavy (non-hydrogen) atoms. The predicted molar refractivity (Wildman–Crippen MR) is 46.5 cm³/mol. The Morgan fingerprint density at radius 1 is 1.58 bits per heavy atom. The molecular weight excluding hydrogens is 176 g/mol. The number of sulfone groups is 1. The molecule has 0 aromatic carbocycles. The average Bonchev–Trinajstić information content (AvgIpc) is 2.07. The first-order valence-electron chi connectivity index (χ1n) is 3.56. The van der Waals surface area contributed by atoms with Gasteiger partial charge in [-0.3, -0.25) is 4.68 Å². The molecule has 0 fully saturated rings. The highest BCUT2D eigenvalue weighted by molar-refractivity contribution is 7.89. The Balaban J connectivity index is 2.92. The monoisotopic (exact) mass is 188 g/mol. The van der Waals surface area contributed by atoms with Gasteiger partial charge in [0.25, 0.3) is 0 Å². The summed E-state index contributed by atoms with van der Waals surface area (Å²) in [5, 5.41) is 4.03. The second kappa shape index (κ2) is 2.90. The number of aryl methyl sites for hydroxylation is 2. The third-order valence-corrected chi connectivity index (χ3v) is 2.39. The summed E-state index contributed by atoms with van der Waals surface area (Å²) in [4.78, 5) is 0.